The molecule has 3 atom stereocenters. The summed E-state index contributed by atoms with van der Waals surface area (Å²) in [6.45, 7) is 0. The molecule has 3 rings (SSSR count). The molecule has 21 heavy (non-hydrogen) atoms. The van der Waals surface area contributed by atoms with Crippen LogP contribution in [-0.4, -0.2) is 41.7 Å². The summed E-state index contributed by atoms with van der Waals surface area (Å²) in [6, 6.07) is 6.83. The zero-order chi connectivity index (χ0) is 15.0. The van der Waals surface area contributed by atoms with Crippen LogP contribution in [0.2, 0.25) is 0 Å². The number of hydrogen-bond acceptors (Lipinski definition) is 5. The zero-order valence-corrected chi connectivity index (χ0v) is 12.6. The molecule has 2 aliphatic heterocycles. The first-order chi connectivity index (χ1) is 10.1. The second-order valence-corrected chi connectivity index (χ2v) is 6.49. The van der Waals surface area contributed by atoms with Gasteiger partial charge in [0.05, 0.1) is 13.2 Å². The number of nitrogens with zero attached hydrogens (tertiary/aromatic N) is 1. The Kier molecular flexibility index (Phi) is 3.91. The molecular formula is C15H18N2O3S. The maximum Gasteiger partial charge on any atom is 0.328 e. The first-order valence-electron chi connectivity index (χ1n) is 6.98. The summed E-state index contributed by atoms with van der Waals surface area (Å²) < 4.78 is 4.90. The van der Waals surface area contributed by atoms with Gasteiger partial charge in [-0.25, -0.2) is 4.79 Å². The SMILES string of the molecule is COC(=O)C1Cc2ccccc2C2SCCC(N)C(=O)N12. The third kappa shape index (κ3) is 2.42. The Morgan fingerprint density at radius 3 is 2.95 bits per heavy atom. The van der Waals surface area contributed by atoms with Gasteiger partial charge in [0.1, 0.15) is 11.4 Å². The van der Waals surface area contributed by atoms with Gasteiger partial charge >= 0.3 is 5.97 Å². The highest BCUT2D eigenvalue weighted by atomic mass is 32.2. The van der Waals surface area contributed by atoms with Gasteiger partial charge in [-0.3, -0.25) is 4.79 Å². The number of carbonyl (C=O) groups is 2. The first kappa shape index (κ1) is 14.4. The number of hydrogen-bond donors (Lipinski definition) is 1. The lowest BCUT2D eigenvalue weighted by atomic mass is 9.93. The second kappa shape index (κ2) is 5.69. The highest BCUT2D eigenvalue weighted by Crippen LogP contribution is 2.43. The van der Waals surface area contributed by atoms with Gasteiger partial charge in [0.2, 0.25) is 5.91 Å². The van der Waals surface area contributed by atoms with Crippen LogP contribution in [0.1, 0.15) is 22.9 Å². The van der Waals surface area contributed by atoms with E-state index in [1.165, 1.54) is 7.11 Å². The largest absolute Gasteiger partial charge is 0.467 e. The summed E-state index contributed by atoms with van der Waals surface area (Å²) in [5.41, 5.74) is 8.16. The van der Waals surface area contributed by atoms with E-state index in [-0.39, 0.29) is 17.3 Å². The fourth-order valence-electron chi connectivity index (χ4n) is 2.97. The number of amides is 1. The zero-order valence-electron chi connectivity index (χ0n) is 11.8. The minimum absolute atomic E-state index is 0.153. The molecule has 1 saturated heterocycles. The molecule has 5 nitrogen and oxygen atoms in total. The molecule has 0 aliphatic carbocycles. The first-order valence-corrected chi connectivity index (χ1v) is 8.03. The van der Waals surface area contributed by atoms with E-state index < -0.39 is 12.1 Å². The predicted molar refractivity (Wildman–Crippen MR) is 80.6 cm³/mol. The number of fused-ring (bicyclic) bond motifs is 3. The van der Waals surface area contributed by atoms with Gasteiger partial charge in [-0.05, 0) is 23.3 Å². The highest BCUT2D eigenvalue weighted by Gasteiger charge is 2.44. The molecule has 0 saturated carbocycles. The topological polar surface area (TPSA) is 72.6 Å². The Hall–Kier alpha value is -1.53. The Balaban J connectivity index is 2.08. The van der Waals surface area contributed by atoms with Crippen LogP contribution >= 0.6 is 11.8 Å². The van der Waals surface area contributed by atoms with Gasteiger partial charge in [0.25, 0.3) is 0 Å². The van der Waals surface area contributed by atoms with Gasteiger partial charge < -0.3 is 15.4 Å². The average Bonchev–Trinajstić information content (AvgIpc) is 2.66. The second-order valence-electron chi connectivity index (χ2n) is 5.31. The van der Waals surface area contributed by atoms with Crippen molar-refractivity contribution in [1.29, 1.82) is 0 Å². The molecule has 0 radical (unpaired) electrons. The lowest BCUT2D eigenvalue weighted by molar-refractivity contribution is -0.154. The molecule has 2 heterocycles. The van der Waals surface area contributed by atoms with Crippen molar-refractivity contribution >= 4 is 23.6 Å². The van der Waals surface area contributed by atoms with Crippen LogP contribution in [0.4, 0.5) is 0 Å². The summed E-state index contributed by atoms with van der Waals surface area (Å²) in [5, 5.41) is -0.153. The third-order valence-corrected chi connectivity index (χ3v) is 5.34. The van der Waals surface area contributed by atoms with E-state index >= 15 is 0 Å². The fourth-order valence-corrected chi connectivity index (χ4v) is 4.41. The summed E-state index contributed by atoms with van der Waals surface area (Å²) in [5.74, 6) is 0.267. The summed E-state index contributed by atoms with van der Waals surface area (Å²) in [4.78, 5) is 26.4. The van der Waals surface area contributed by atoms with Crippen molar-refractivity contribution < 1.29 is 14.3 Å². The molecule has 112 valence electrons. The van der Waals surface area contributed by atoms with Gasteiger partial charge in [0.15, 0.2) is 0 Å². The Bertz CT molecular complexity index is 578. The Morgan fingerprint density at radius 2 is 2.19 bits per heavy atom. The fraction of sp³-hybridized carbons (Fsp3) is 0.467. The molecule has 0 spiro atoms. The van der Waals surface area contributed by atoms with Crippen LogP contribution in [0.25, 0.3) is 0 Å². The van der Waals surface area contributed by atoms with E-state index in [1.807, 2.05) is 24.3 Å². The maximum absolute atomic E-state index is 12.6. The van der Waals surface area contributed by atoms with Crippen LogP contribution in [0, 0.1) is 0 Å². The molecule has 6 heteroatoms. The van der Waals surface area contributed by atoms with Crippen molar-refractivity contribution in [2.24, 2.45) is 5.73 Å². The lowest BCUT2D eigenvalue weighted by Crippen LogP contribution is -2.54. The molecule has 0 aromatic heterocycles. The Labute approximate surface area is 127 Å². The van der Waals surface area contributed by atoms with Crippen LogP contribution in [-0.2, 0) is 20.7 Å². The summed E-state index contributed by atoms with van der Waals surface area (Å²) in [7, 11) is 1.35. The van der Waals surface area contributed by atoms with Crippen molar-refractivity contribution in [3.63, 3.8) is 0 Å². The third-order valence-electron chi connectivity index (χ3n) is 4.07. The van der Waals surface area contributed by atoms with E-state index in [0.717, 1.165) is 16.9 Å². The number of rotatable bonds is 1. The molecule has 1 fully saturated rings. The smallest absolute Gasteiger partial charge is 0.328 e. The van der Waals surface area contributed by atoms with Crippen LogP contribution in [0.15, 0.2) is 24.3 Å². The van der Waals surface area contributed by atoms with E-state index in [2.05, 4.69) is 0 Å². The van der Waals surface area contributed by atoms with Crippen molar-refractivity contribution in [2.45, 2.75) is 30.3 Å². The minimum Gasteiger partial charge on any atom is -0.467 e. The van der Waals surface area contributed by atoms with Crippen LogP contribution < -0.4 is 5.73 Å². The van der Waals surface area contributed by atoms with Gasteiger partial charge in [-0.1, -0.05) is 24.3 Å². The number of carbonyl (C=O) groups excluding carboxylic acids is 2. The molecule has 1 amide bonds. The van der Waals surface area contributed by atoms with Gasteiger partial charge in [-0.15, -0.1) is 11.8 Å². The molecule has 2 N–H and O–H groups in total. The van der Waals surface area contributed by atoms with Crippen molar-refractivity contribution in [2.75, 3.05) is 12.9 Å². The average molecular weight is 306 g/mol. The van der Waals surface area contributed by atoms with Gasteiger partial charge in [0, 0.05) is 6.42 Å². The van der Waals surface area contributed by atoms with Crippen LogP contribution in [0.3, 0.4) is 0 Å². The summed E-state index contributed by atoms with van der Waals surface area (Å²) in [6.07, 6.45) is 1.12. The number of benzene rings is 1. The molecule has 0 bridgehead atoms. The maximum atomic E-state index is 12.6. The quantitative estimate of drug-likeness (QED) is 0.786. The monoisotopic (exact) mass is 306 g/mol. The van der Waals surface area contributed by atoms with Gasteiger partial charge in [-0.2, -0.15) is 0 Å². The van der Waals surface area contributed by atoms with E-state index in [1.54, 1.807) is 16.7 Å². The number of ether oxygens (including phenoxy) is 1. The molecule has 2 aliphatic rings. The number of thioether (sulfide) groups is 1. The lowest BCUT2D eigenvalue weighted by Gasteiger charge is -2.41. The van der Waals surface area contributed by atoms with Crippen molar-refractivity contribution in [3.05, 3.63) is 35.4 Å². The van der Waals surface area contributed by atoms with Crippen LogP contribution in [0.5, 0.6) is 0 Å². The Morgan fingerprint density at radius 1 is 1.43 bits per heavy atom. The number of methoxy groups -OCH3 is 1. The molecule has 1 aromatic rings. The molecular weight excluding hydrogens is 288 g/mol. The van der Waals surface area contributed by atoms with E-state index in [4.69, 9.17) is 10.5 Å². The van der Waals surface area contributed by atoms with E-state index in [0.29, 0.717) is 12.8 Å². The van der Waals surface area contributed by atoms with Crippen molar-refractivity contribution in [1.82, 2.24) is 4.90 Å². The molecule has 1 aromatic carbocycles. The highest BCUT2D eigenvalue weighted by molar-refractivity contribution is 7.99. The summed E-state index contributed by atoms with van der Waals surface area (Å²) >= 11 is 1.67. The van der Waals surface area contributed by atoms with Crippen molar-refractivity contribution in [3.8, 4) is 0 Å². The van der Waals surface area contributed by atoms with E-state index in [9.17, 15) is 9.59 Å². The standard InChI is InChI=1S/C15H18N2O3S/c1-20-15(19)12-8-9-4-2-3-5-10(9)14-17(12)13(18)11(16)6-7-21-14/h2-5,11-12,14H,6-8,16H2,1H3. The normalized spacial score (nSPS) is 28.4. The predicted octanol–water partition coefficient (Wildman–Crippen LogP) is 1.08. The number of nitrogens with two attached hydrogens (primary N) is 1. The minimum atomic E-state index is -0.584. The number of esters is 1. The molecule has 3 unspecified atom stereocenters.